The predicted octanol–water partition coefficient (Wildman–Crippen LogP) is 2.94. The Morgan fingerprint density at radius 3 is 3.00 bits per heavy atom. The average Bonchev–Trinajstić information content (AvgIpc) is 2.55. The highest BCUT2D eigenvalue weighted by atomic mass is 79.9. The van der Waals surface area contributed by atoms with Gasteiger partial charge in [0.15, 0.2) is 0 Å². The number of halogens is 1. The second kappa shape index (κ2) is 3.25. The SMILES string of the molecule is Brc1cscc1[C@H]1CCCN1. The van der Waals surface area contributed by atoms with E-state index in [2.05, 4.69) is 32.0 Å². The summed E-state index contributed by atoms with van der Waals surface area (Å²) in [5, 5.41) is 7.85. The fourth-order valence-corrected chi connectivity index (χ4v) is 3.12. The van der Waals surface area contributed by atoms with Crippen LogP contribution in [-0.4, -0.2) is 6.54 Å². The predicted molar refractivity (Wildman–Crippen MR) is 52.0 cm³/mol. The van der Waals surface area contributed by atoms with Gasteiger partial charge in [0.2, 0.25) is 0 Å². The summed E-state index contributed by atoms with van der Waals surface area (Å²) < 4.78 is 1.27. The van der Waals surface area contributed by atoms with E-state index in [0.717, 1.165) is 0 Å². The fraction of sp³-hybridized carbons (Fsp3) is 0.500. The van der Waals surface area contributed by atoms with Gasteiger partial charge in [-0.25, -0.2) is 0 Å². The van der Waals surface area contributed by atoms with Gasteiger partial charge in [-0.2, -0.15) is 11.3 Å². The van der Waals surface area contributed by atoms with Gasteiger partial charge in [0.1, 0.15) is 0 Å². The first kappa shape index (κ1) is 7.77. The normalized spacial score (nSPS) is 24.3. The molecule has 11 heavy (non-hydrogen) atoms. The van der Waals surface area contributed by atoms with Gasteiger partial charge in [-0.1, -0.05) is 0 Å². The standard InChI is InChI=1S/C8H10BrNS/c9-7-5-11-4-6(7)8-2-1-3-10-8/h4-5,8,10H,1-3H2/t8-/m1/s1. The van der Waals surface area contributed by atoms with Crippen LogP contribution in [0.15, 0.2) is 15.2 Å². The lowest BCUT2D eigenvalue weighted by atomic mass is 10.1. The van der Waals surface area contributed by atoms with Crippen molar-refractivity contribution in [2.24, 2.45) is 0 Å². The third-order valence-corrected chi connectivity index (χ3v) is 3.83. The Hall–Kier alpha value is 0.140. The van der Waals surface area contributed by atoms with Crippen LogP contribution in [0, 0.1) is 0 Å². The molecule has 1 atom stereocenters. The van der Waals surface area contributed by atoms with Crippen molar-refractivity contribution in [1.29, 1.82) is 0 Å². The van der Waals surface area contributed by atoms with Crippen LogP contribution in [0.25, 0.3) is 0 Å². The van der Waals surface area contributed by atoms with E-state index in [1.54, 1.807) is 11.3 Å². The van der Waals surface area contributed by atoms with E-state index in [4.69, 9.17) is 0 Å². The summed E-state index contributed by atoms with van der Waals surface area (Å²) in [6.07, 6.45) is 2.60. The van der Waals surface area contributed by atoms with Crippen molar-refractivity contribution in [2.75, 3.05) is 6.54 Å². The molecular weight excluding hydrogens is 222 g/mol. The summed E-state index contributed by atoms with van der Waals surface area (Å²) in [4.78, 5) is 0. The van der Waals surface area contributed by atoms with Crippen molar-refractivity contribution in [3.05, 3.63) is 20.8 Å². The first-order chi connectivity index (χ1) is 5.38. The van der Waals surface area contributed by atoms with E-state index >= 15 is 0 Å². The number of thiophene rings is 1. The zero-order chi connectivity index (χ0) is 7.68. The zero-order valence-corrected chi connectivity index (χ0v) is 8.54. The van der Waals surface area contributed by atoms with Gasteiger partial charge in [-0.15, -0.1) is 0 Å². The smallest absolute Gasteiger partial charge is 0.0340 e. The molecule has 0 amide bonds. The van der Waals surface area contributed by atoms with Gasteiger partial charge in [-0.3, -0.25) is 0 Å². The van der Waals surface area contributed by atoms with E-state index in [1.807, 2.05) is 0 Å². The average molecular weight is 232 g/mol. The summed E-state index contributed by atoms with van der Waals surface area (Å²) in [5.41, 5.74) is 1.44. The molecule has 0 spiro atoms. The second-order valence-corrected chi connectivity index (χ2v) is 4.42. The molecule has 60 valence electrons. The molecule has 1 aliphatic heterocycles. The first-order valence-electron chi connectivity index (χ1n) is 3.83. The maximum absolute atomic E-state index is 3.55. The Bertz CT molecular complexity index is 240. The summed E-state index contributed by atoms with van der Waals surface area (Å²) >= 11 is 5.31. The Morgan fingerprint density at radius 2 is 2.45 bits per heavy atom. The van der Waals surface area contributed by atoms with Crippen LogP contribution in [0.5, 0.6) is 0 Å². The Balaban J connectivity index is 2.21. The molecule has 1 nitrogen and oxygen atoms in total. The molecule has 1 saturated heterocycles. The largest absolute Gasteiger partial charge is 0.310 e. The minimum Gasteiger partial charge on any atom is -0.310 e. The molecule has 0 aliphatic carbocycles. The summed E-state index contributed by atoms with van der Waals surface area (Å²) in [5.74, 6) is 0. The number of rotatable bonds is 1. The summed E-state index contributed by atoms with van der Waals surface area (Å²) in [6, 6.07) is 0.607. The zero-order valence-electron chi connectivity index (χ0n) is 6.14. The van der Waals surface area contributed by atoms with Crippen molar-refractivity contribution in [3.8, 4) is 0 Å². The molecule has 1 fully saturated rings. The molecule has 1 aliphatic rings. The highest BCUT2D eigenvalue weighted by molar-refractivity contribution is 9.10. The summed E-state index contributed by atoms with van der Waals surface area (Å²) in [7, 11) is 0. The quantitative estimate of drug-likeness (QED) is 0.784. The maximum atomic E-state index is 3.55. The van der Waals surface area contributed by atoms with E-state index in [9.17, 15) is 0 Å². The molecule has 1 aromatic rings. The highest BCUT2D eigenvalue weighted by Gasteiger charge is 2.18. The van der Waals surface area contributed by atoms with E-state index in [-0.39, 0.29) is 0 Å². The number of hydrogen-bond acceptors (Lipinski definition) is 2. The topological polar surface area (TPSA) is 12.0 Å². The van der Waals surface area contributed by atoms with Crippen LogP contribution in [-0.2, 0) is 0 Å². The van der Waals surface area contributed by atoms with E-state index in [1.165, 1.54) is 29.4 Å². The van der Waals surface area contributed by atoms with Crippen molar-refractivity contribution >= 4 is 27.3 Å². The lowest BCUT2D eigenvalue weighted by Gasteiger charge is -2.07. The van der Waals surface area contributed by atoms with Crippen molar-refractivity contribution in [1.82, 2.24) is 5.32 Å². The Labute approximate surface area is 78.9 Å². The van der Waals surface area contributed by atoms with Crippen LogP contribution < -0.4 is 5.32 Å². The van der Waals surface area contributed by atoms with E-state index in [0.29, 0.717) is 6.04 Å². The summed E-state index contributed by atoms with van der Waals surface area (Å²) in [6.45, 7) is 1.17. The van der Waals surface area contributed by atoms with Crippen molar-refractivity contribution in [2.45, 2.75) is 18.9 Å². The molecule has 1 N–H and O–H groups in total. The molecule has 0 saturated carbocycles. The first-order valence-corrected chi connectivity index (χ1v) is 5.56. The molecule has 0 bridgehead atoms. The highest BCUT2D eigenvalue weighted by Crippen LogP contribution is 2.31. The van der Waals surface area contributed by atoms with Gasteiger partial charge in [-0.05, 0) is 46.3 Å². The number of hydrogen-bond donors (Lipinski definition) is 1. The van der Waals surface area contributed by atoms with Crippen LogP contribution in [0.1, 0.15) is 24.4 Å². The van der Waals surface area contributed by atoms with Crippen molar-refractivity contribution in [3.63, 3.8) is 0 Å². The van der Waals surface area contributed by atoms with Crippen molar-refractivity contribution < 1.29 is 0 Å². The van der Waals surface area contributed by atoms with E-state index < -0.39 is 0 Å². The third kappa shape index (κ3) is 1.50. The molecule has 3 heteroatoms. The van der Waals surface area contributed by atoms with Gasteiger partial charge < -0.3 is 5.32 Å². The Morgan fingerprint density at radius 1 is 1.55 bits per heavy atom. The van der Waals surface area contributed by atoms with Gasteiger partial charge in [0, 0.05) is 15.9 Å². The molecular formula is C8H10BrNS. The molecule has 0 radical (unpaired) electrons. The number of nitrogens with one attached hydrogen (secondary N) is 1. The van der Waals surface area contributed by atoms with Gasteiger partial charge in [0.25, 0.3) is 0 Å². The molecule has 1 aromatic heterocycles. The molecule has 2 heterocycles. The maximum Gasteiger partial charge on any atom is 0.0340 e. The lowest BCUT2D eigenvalue weighted by Crippen LogP contribution is -2.12. The van der Waals surface area contributed by atoms with Crippen LogP contribution >= 0.6 is 27.3 Å². The second-order valence-electron chi connectivity index (χ2n) is 2.82. The van der Waals surface area contributed by atoms with Crippen LogP contribution in [0.3, 0.4) is 0 Å². The van der Waals surface area contributed by atoms with Crippen LogP contribution in [0.4, 0.5) is 0 Å². The monoisotopic (exact) mass is 231 g/mol. The van der Waals surface area contributed by atoms with Crippen LogP contribution in [0.2, 0.25) is 0 Å². The molecule has 0 aromatic carbocycles. The molecule has 0 unspecified atom stereocenters. The lowest BCUT2D eigenvalue weighted by molar-refractivity contribution is 0.647. The minimum absolute atomic E-state index is 0.607. The fourth-order valence-electron chi connectivity index (χ4n) is 1.49. The third-order valence-electron chi connectivity index (χ3n) is 2.08. The van der Waals surface area contributed by atoms with Gasteiger partial charge >= 0.3 is 0 Å². The molecule has 2 rings (SSSR count). The van der Waals surface area contributed by atoms with Gasteiger partial charge in [0.05, 0.1) is 0 Å². The Kier molecular flexibility index (Phi) is 2.30. The minimum atomic E-state index is 0.607.